The highest BCUT2D eigenvalue weighted by atomic mass is 16.5. The fourth-order valence-electron chi connectivity index (χ4n) is 5.23. The van der Waals surface area contributed by atoms with Crippen LogP contribution in [0.3, 0.4) is 0 Å². The lowest BCUT2D eigenvalue weighted by Gasteiger charge is -2.18. The molecule has 0 radical (unpaired) electrons. The molecule has 2 aromatic carbocycles. The van der Waals surface area contributed by atoms with Gasteiger partial charge in [-0.25, -0.2) is 0 Å². The van der Waals surface area contributed by atoms with Gasteiger partial charge < -0.3 is 44.0 Å². The van der Waals surface area contributed by atoms with Crippen LogP contribution in [-0.4, -0.2) is 92.6 Å². The number of hydrogen-bond acceptors (Lipinski definition) is 9. The van der Waals surface area contributed by atoms with E-state index in [0.29, 0.717) is 47.6 Å². The Morgan fingerprint density at radius 1 is 0.630 bits per heavy atom. The first-order valence-corrected chi connectivity index (χ1v) is 14.8. The van der Waals surface area contributed by atoms with Gasteiger partial charge in [0.15, 0.2) is 23.0 Å². The molecule has 2 amide bonds. The third-order valence-corrected chi connectivity index (χ3v) is 7.50. The molecule has 3 rings (SSSR count). The fourth-order valence-corrected chi connectivity index (χ4v) is 5.23. The van der Waals surface area contributed by atoms with Gasteiger partial charge in [0.25, 0.3) is 0 Å². The number of nitrogens with one attached hydrogen (secondary N) is 2. The van der Waals surface area contributed by atoms with E-state index in [1.165, 1.54) is 12.2 Å². The van der Waals surface area contributed by atoms with Gasteiger partial charge in [0.05, 0.1) is 42.7 Å². The van der Waals surface area contributed by atoms with E-state index in [0.717, 1.165) is 24.2 Å². The SMILES string of the molecule is COc1cc(/C=C/C=C/C(=O)NC[C@H]2CN(C)C[C@@H]2CNC(=O)/C=C/C=C/c2cc(OC)c(OC)c(OC)c2)cc(OC)c1OC. The summed E-state index contributed by atoms with van der Waals surface area (Å²) in [6.45, 7) is 2.69. The third-order valence-electron chi connectivity index (χ3n) is 7.50. The third kappa shape index (κ3) is 10.1. The van der Waals surface area contributed by atoms with Crippen LogP contribution in [0.2, 0.25) is 0 Å². The number of nitrogens with zero attached hydrogens (tertiary/aromatic N) is 1. The van der Waals surface area contributed by atoms with E-state index < -0.39 is 0 Å². The van der Waals surface area contributed by atoms with E-state index in [4.69, 9.17) is 28.4 Å². The van der Waals surface area contributed by atoms with Crippen molar-refractivity contribution in [3.63, 3.8) is 0 Å². The van der Waals surface area contributed by atoms with Crippen molar-refractivity contribution in [1.29, 1.82) is 0 Å². The molecule has 11 heteroatoms. The van der Waals surface area contributed by atoms with Crippen LogP contribution in [0, 0.1) is 11.8 Å². The Morgan fingerprint density at radius 3 is 1.28 bits per heavy atom. The predicted octanol–water partition coefficient (Wildman–Crippen LogP) is 3.99. The van der Waals surface area contributed by atoms with Crippen LogP contribution in [0.1, 0.15) is 11.1 Å². The Balaban J connectivity index is 1.47. The van der Waals surface area contributed by atoms with Crippen LogP contribution in [-0.2, 0) is 9.59 Å². The van der Waals surface area contributed by atoms with Gasteiger partial charge in [0.1, 0.15) is 0 Å². The summed E-state index contributed by atoms with van der Waals surface area (Å²) in [5.41, 5.74) is 1.67. The molecule has 1 saturated heterocycles. The molecular formula is C35H45N3O8. The molecule has 0 unspecified atom stereocenters. The molecule has 2 atom stereocenters. The first kappa shape index (κ1) is 35.6. The van der Waals surface area contributed by atoms with Crippen LogP contribution >= 0.6 is 0 Å². The highest BCUT2D eigenvalue weighted by Crippen LogP contribution is 2.39. The van der Waals surface area contributed by atoms with Gasteiger partial charge in [0, 0.05) is 38.3 Å². The molecule has 248 valence electrons. The van der Waals surface area contributed by atoms with Crippen molar-refractivity contribution >= 4 is 24.0 Å². The largest absolute Gasteiger partial charge is 0.493 e. The molecule has 1 aliphatic heterocycles. The maximum atomic E-state index is 12.5. The number of likely N-dealkylation sites (tertiary alicyclic amines) is 1. The summed E-state index contributed by atoms with van der Waals surface area (Å²) in [5, 5.41) is 5.98. The number of ether oxygens (including phenoxy) is 6. The Labute approximate surface area is 271 Å². The van der Waals surface area contributed by atoms with Crippen LogP contribution in [0.4, 0.5) is 0 Å². The van der Waals surface area contributed by atoms with E-state index >= 15 is 0 Å². The number of rotatable bonds is 16. The molecule has 0 bridgehead atoms. The highest BCUT2D eigenvalue weighted by Gasteiger charge is 2.30. The summed E-state index contributed by atoms with van der Waals surface area (Å²) < 4.78 is 32.2. The first-order chi connectivity index (χ1) is 22.3. The Hall–Kier alpha value is -4.90. The van der Waals surface area contributed by atoms with Crippen LogP contribution in [0.15, 0.2) is 60.7 Å². The van der Waals surface area contributed by atoms with Crippen molar-refractivity contribution in [2.24, 2.45) is 11.8 Å². The van der Waals surface area contributed by atoms with Gasteiger partial charge in [-0.05, 0) is 54.3 Å². The zero-order valence-electron chi connectivity index (χ0n) is 27.6. The van der Waals surface area contributed by atoms with Gasteiger partial charge >= 0.3 is 0 Å². The number of benzene rings is 2. The van der Waals surface area contributed by atoms with E-state index in [2.05, 4.69) is 15.5 Å². The minimum absolute atomic E-state index is 0.186. The lowest BCUT2D eigenvalue weighted by atomic mass is 9.96. The van der Waals surface area contributed by atoms with Crippen molar-refractivity contribution in [3.8, 4) is 34.5 Å². The first-order valence-electron chi connectivity index (χ1n) is 14.8. The molecule has 0 aromatic heterocycles. The molecule has 1 heterocycles. The second kappa shape index (κ2) is 18.2. The lowest BCUT2D eigenvalue weighted by molar-refractivity contribution is -0.117. The Bertz CT molecular complexity index is 1290. The van der Waals surface area contributed by atoms with Crippen LogP contribution in [0.25, 0.3) is 12.2 Å². The number of methoxy groups -OCH3 is 6. The minimum atomic E-state index is -0.186. The van der Waals surface area contributed by atoms with Crippen molar-refractivity contribution in [1.82, 2.24) is 15.5 Å². The molecule has 46 heavy (non-hydrogen) atoms. The zero-order chi connectivity index (χ0) is 33.5. The number of carbonyl (C=O) groups is 2. The summed E-state index contributed by atoms with van der Waals surface area (Å²) in [6.07, 6.45) is 13.6. The molecule has 1 aliphatic rings. The maximum absolute atomic E-state index is 12.5. The maximum Gasteiger partial charge on any atom is 0.243 e. The number of hydrogen-bond donors (Lipinski definition) is 2. The molecule has 2 aromatic rings. The van der Waals surface area contributed by atoms with Crippen molar-refractivity contribution < 1.29 is 38.0 Å². The summed E-state index contributed by atoms with van der Waals surface area (Å²) in [4.78, 5) is 27.2. The highest BCUT2D eigenvalue weighted by molar-refractivity contribution is 5.88. The van der Waals surface area contributed by atoms with Gasteiger partial charge in [-0.1, -0.05) is 36.5 Å². The Morgan fingerprint density at radius 2 is 0.978 bits per heavy atom. The van der Waals surface area contributed by atoms with E-state index in [1.54, 1.807) is 67.0 Å². The molecule has 0 aliphatic carbocycles. The topological polar surface area (TPSA) is 117 Å². The predicted molar refractivity (Wildman–Crippen MR) is 179 cm³/mol. The molecule has 11 nitrogen and oxygen atoms in total. The van der Waals surface area contributed by atoms with Gasteiger partial charge in [-0.2, -0.15) is 0 Å². The average molecular weight is 636 g/mol. The summed E-state index contributed by atoms with van der Waals surface area (Å²) >= 11 is 0. The zero-order valence-corrected chi connectivity index (χ0v) is 27.6. The normalized spacial score (nSPS) is 16.8. The second-order valence-corrected chi connectivity index (χ2v) is 10.6. The molecular weight excluding hydrogens is 590 g/mol. The summed E-state index contributed by atoms with van der Waals surface area (Å²) in [5.74, 6) is 3.29. The van der Waals surface area contributed by atoms with Crippen LogP contribution < -0.4 is 39.1 Å². The Kier molecular flexibility index (Phi) is 14.0. The smallest absolute Gasteiger partial charge is 0.243 e. The standard InChI is InChI=1S/C35H45N3O8/c1-38-22-26(20-36-32(39)14-10-8-12-24-16-28(41-2)34(45-6)29(17-24)42-3)27(23-38)21-37-33(40)15-11-9-13-25-18-30(43-4)35(46-7)31(19-25)44-5/h8-19,26-27H,20-23H2,1-7H3,(H,36,39)(H,37,40)/b12-8+,13-9+,14-10+,15-11+/t26-,27-/m0/s1. The van der Waals surface area contributed by atoms with Crippen LogP contribution in [0.5, 0.6) is 34.5 Å². The van der Waals surface area contributed by atoms with Gasteiger partial charge in [0.2, 0.25) is 23.3 Å². The lowest BCUT2D eigenvalue weighted by Crippen LogP contribution is -2.36. The fraction of sp³-hybridized carbons (Fsp3) is 0.371. The summed E-state index contributed by atoms with van der Waals surface area (Å²) in [7, 11) is 11.4. The number of allylic oxidation sites excluding steroid dienone is 4. The van der Waals surface area contributed by atoms with E-state index in [-0.39, 0.29) is 23.7 Å². The quantitative estimate of drug-likeness (QED) is 0.209. The molecule has 0 spiro atoms. The molecule has 1 fully saturated rings. The summed E-state index contributed by atoms with van der Waals surface area (Å²) in [6, 6.07) is 7.30. The second-order valence-electron chi connectivity index (χ2n) is 10.6. The van der Waals surface area contributed by atoms with Crippen molar-refractivity contribution in [3.05, 3.63) is 71.8 Å². The van der Waals surface area contributed by atoms with Crippen molar-refractivity contribution in [2.75, 3.05) is 75.9 Å². The van der Waals surface area contributed by atoms with E-state index in [9.17, 15) is 9.59 Å². The monoisotopic (exact) mass is 635 g/mol. The van der Waals surface area contributed by atoms with Crippen molar-refractivity contribution in [2.45, 2.75) is 0 Å². The number of amides is 2. The molecule has 0 saturated carbocycles. The number of carbonyl (C=O) groups excluding carboxylic acids is 2. The average Bonchev–Trinajstić information content (AvgIpc) is 3.44. The minimum Gasteiger partial charge on any atom is -0.493 e. The molecule has 2 N–H and O–H groups in total. The van der Waals surface area contributed by atoms with Gasteiger partial charge in [-0.15, -0.1) is 0 Å². The van der Waals surface area contributed by atoms with Gasteiger partial charge in [-0.3, -0.25) is 9.59 Å². The van der Waals surface area contributed by atoms with E-state index in [1.807, 2.05) is 43.5 Å².